The SMILES string of the molecule is CC1(C)C2CC(C3CCCC32)C1OCCl. The van der Waals surface area contributed by atoms with Gasteiger partial charge in [-0.05, 0) is 48.3 Å². The smallest absolute Gasteiger partial charge is 0.121 e. The molecule has 1 nitrogen and oxygen atoms in total. The molecule has 3 rings (SSSR count). The molecule has 0 amide bonds. The van der Waals surface area contributed by atoms with Crippen LogP contribution in [0.25, 0.3) is 0 Å². The Morgan fingerprint density at radius 1 is 1.20 bits per heavy atom. The molecule has 2 heteroatoms. The Bertz CT molecular complexity index is 263. The summed E-state index contributed by atoms with van der Waals surface area (Å²) < 4.78 is 5.83. The Kier molecular flexibility index (Phi) is 2.34. The predicted molar refractivity (Wildman–Crippen MR) is 61.8 cm³/mol. The highest BCUT2D eigenvalue weighted by Gasteiger charge is 2.62. The molecule has 0 aromatic rings. The molecule has 0 aromatic heterocycles. The van der Waals surface area contributed by atoms with Gasteiger partial charge < -0.3 is 4.74 Å². The molecule has 0 heterocycles. The van der Waals surface area contributed by atoms with Crippen LogP contribution in [-0.4, -0.2) is 12.2 Å². The number of fused-ring (bicyclic) bond motifs is 5. The summed E-state index contributed by atoms with van der Waals surface area (Å²) >= 11 is 5.77. The van der Waals surface area contributed by atoms with Crippen LogP contribution in [-0.2, 0) is 4.74 Å². The number of rotatable bonds is 2. The lowest BCUT2D eigenvalue weighted by atomic mass is 9.66. The topological polar surface area (TPSA) is 9.23 Å². The maximum Gasteiger partial charge on any atom is 0.121 e. The van der Waals surface area contributed by atoms with Crippen molar-refractivity contribution in [3.8, 4) is 0 Å². The molecule has 3 fully saturated rings. The molecule has 5 unspecified atom stereocenters. The van der Waals surface area contributed by atoms with Crippen LogP contribution in [0.3, 0.4) is 0 Å². The second-order valence-electron chi connectivity index (χ2n) is 6.28. The lowest BCUT2D eigenvalue weighted by Gasteiger charge is -2.43. The monoisotopic (exact) mass is 228 g/mol. The zero-order chi connectivity index (χ0) is 10.6. The van der Waals surface area contributed by atoms with Gasteiger partial charge in [0.15, 0.2) is 0 Å². The second kappa shape index (κ2) is 3.37. The minimum absolute atomic E-state index is 0.366. The van der Waals surface area contributed by atoms with Crippen molar-refractivity contribution >= 4 is 11.6 Å². The van der Waals surface area contributed by atoms with Crippen molar-refractivity contribution in [1.82, 2.24) is 0 Å². The summed E-state index contributed by atoms with van der Waals surface area (Å²) in [5.74, 6) is 3.70. The Labute approximate surface area is 97.5 Å². The zero-order valence-electron chi connectivity index (χ0n) is 9.71. The Hall–Kier alpha value is 0.250. The first-order valence-electron chi connectivity index (χ1n) is 6.34. The molecule has 15 heavy (non-hydrogen) atoms. The third-order valence-electron chi connectivity index (χ3n) is 5.54. The van der Waals surface area contributed by atoms with Gasteiger partial charge in [0.05, 0.1) is 6.10 Å². The van der Waals surface area contributed by atoms with Crippen LogP contribution >= 0.6 is 11.6 Å². The van der Waals surface area contributed by atoms with Crippen LogP contribution in [0.5, 0.6) is 0 Å². The maximum atomic E-state index is 5.83. The molecule has 0 aromatic carbocycles. The fourth-order valence-electron chi connectivity index (χ4n) is 5.06. The van der Waals surface area contributed by atoms with Gasteiger partial charge in [-0.15, -0.1) is 0 Å². The first-order chi connectivity index (χ1) is 7.16. The molecule has 3 aliphatic carbocycles. The number of alkyl halides is 1. The second-order valence-corrected chi connectivity index (χ2v) is 6.50. The largest absolute Gasteiger partial charge is 0.362 e. The van der Waals surface area contributed by atoms with Crippen LogP contribution in [0.2, 0.25) is 0 Å². The van der Waals surface area contributed by atoms with E-state index in [9.17, 15) is 0 Å². The van der Waals surface area contributed by atoms with E-state index in [-0.39, 0.29) is 0 Å². The highest BCUT2D eigenvalue weighted by atomic mass is 35.5. The summed E-state index contributed by atoms with van der Waals surface area (Å²) in [4.78, 5) is 0. The highest BCUT2D eigenvalue weighted by molar-refractivity contribution is 6.17. The molecular weight excluding hydrogens is 208 g/mol. The molecule has 2 bridgehead atoms. The molecule has 5 atom stereocenters. The van der Waals surface area contributed by atoms with Gasteiger partial charge in [0.1, 0.15) is 6.07 Å². The summed E-state index contributed by atoms with van der Waals surface area (Å²) in [5, 5.41) is 0. The number of ether oxygens (including phenoxy) is 1. The molecule has 3 aliphatic rings. The summed E-state index contributed by atoms with van der Waals surface area (Å²) in [6, 6.07) is 0.370. The lowest BCUT2D eigenvalue weighted by molar-refractivity contribution is -0.0715. The van der Waals surface area contributed by atoms with E-state index in [4.69, 9.17) is 16.3 Å². The predicted octanol–water partition coefficient (Wildman–Crippen LogP) is 3.66. The van der Waals surface area contributed by atoms with Crippen molar-refractivity contribution in [2.45, 2.75) is 45.6 Å². The van der Waals surface area contributed by atoms with Gasteiger partial charge in [0.2, 0.25) is 0 Å². The Morgan fingerprint density at radius 3 is 2.67 bits per heavy atom. The summed E-state index contributed by atoms with van der Waals surface area (Å²) in [6.07, 6.45) is 6.21. The van der Waals surface area contributed by atoms with E-state index >= 15 is 0 Å². The molecule has 0 N–H and O–H groups in total. The molecule has 0 aliphatic heterocycles. The number of hydrogen-bond donors (Lipinski definition) is 0. The van der Waals surface area contributed by atoms with Gasteiger partial charge in [-0.2, -0.15) is 0 Å². The maximum absolute atomic E-state index is 5.83. The van der Waals surface area contributed by atoms with Crippen molar-refractivity contribution in [2.75, 3.05) is 6.07 Å². The van der Waals surface area contributed by atoms with Gasteiger partial charge >= 0.3 is 0 Å². The first-order valence-corrected chi connectivity index (χ1v) is 6.87. The molecule has 3 saturated carbocycles. The van der Waals surface area contributed by atoms with Crippen LogP contribution in [0.1, 0.15) is 39.5 Å². The van der Waals surface area contributed by atoms with Gasteiger partial charge in [-0.1, -0.05) is 31.9 Å². The van der Waals surface area contributed by atoms with Crippen molar-refractivity contribution in [3.63, 3.8) is 0 Å². The minimum Gasteiger partial charge on any atom is -0.362 e. The molecule has 86 valence electrons. The van der Waals surface area contributed by atoms with Gasteiger partial charge in [-0.3, -0.25) is 0 Å². The van der Waals surface area contributed by atoms with E-state index in [1.54, 1.807) is 0 Å². The lowest BCUT2D eigenvalue weighted by Crippen LogP contribution is -2.43. The van der Waals surface area contributed by atoms with E-state index in [1.165, 1.54) is 25.7 Å². The summed E-state index contributed by atoms with van der Waals surface area (Å²) in [7, 11) is 0. The van der Waals surface area contributed by atoms with Crippen LogP contribution < -0.4 is 0 Å². The van der Waals surface area contributed by atoms with Crippen molar-refractivity contribution in [3.05, 3.63) is 0 Å². The van der Waals surface area contributed by atoms with E-state index in [2.05, 4.69) is 13.8 Å². The quantitative estimate of drug-likeness (QED) is 0.656. The average Bonchev–Trinajstić information content (AvgIpc) is 2.77. The van der Waals surface area contributed by atoms with E-state index in [0.717, 1.165) is 23.7 Å². The Morgan fingerprint density at radius 2 is 1.93 bits per heavy atom. The third-order valence-corrected chi connectivity index (χ3v) is 5.66. The van der Waals surface area contributed by atoms with Crippen molar-refractivity contribution in [2.24, 2.45) is 29.1 Å². The molecule has 0 saturated heterocycles. The van der Waals surface area contributed by atoms with Crippen molar-refractivity contribution in [1.29, 1.82) is 0 Å². The third kappa shape index (κ3) is 1.26. The normalized spacial score (nSPS) is 51.0. The summed E-state index contributed by atoms with van der Waals surface area (Å²) in [5.41, 5.74) is 0.366. The number of hydrogen-bond acceptors (Lipinski definition) is 1. The van der Waals surface area contributed by atoms with Crippen LogP contribution in [0, 0.1) is 29.1 Å². The van der Waals surface area contributed by atoms with E-state index < -0.39 is 0 Å². The molecular formula is C13H21ClO. The van der Waals surface area contributed by atoms with E-state index in [1.807, 2.05) is 0 Å². The zero-order valence-corrected chi connectivity index (χ0v) is 10.5. The van der Waals surface area contributed by atoms with Gasteiger partial charge in [0, 0.05) is 0 Å². The fourth-order valence-corrected chi connectivity index (χ4v) is 5.20. The fraction of sp³-hybridized carbons (Fsp3) is 1.00. The van der Waals surface area contributed by atoms with E-state index in [0.29, 0.717) is 17.6 Å². The number of halogens is 1. The van der Waals surface area contributed by atoms with Crippen LogP contribution in [0.4, 0.5) is 0 Å². The average molecular weight is 229 g/mol. The van der Waals surface area contributed by atoms with Gasteiger partial charge in [-0.25, -0.2) is 0 Å². The van der Waals surface area contributed by atoms with Gasteiger partial charge in [0.25, 0.3) is 0 Å². The van der Waals surface area contributed by atoms with Crippen LogP contribution in [0.15, 0.2) is 0 Å². The standard InChI is InChI=1S/C13H21ClO/c1-13(2)11-6-10(12(13)15-7-14)8-4-3-5-9(8)11/h8-12H,3-7H2,1-2H3. The van der Waals surface area contributed by atoms with Crippen molar-refractivity contribution < 1.29 is 4.74 Å². The molecule has 0 spiro atoms. The minimum atomic E-state index is 0.366. The summed E-state index contributed by atoms with van der Waals surface area (Å²) in [6.45, 7) is 4.78. The highest BCUT2D eigenvalue weighted by Crippen LogP contribution is 2.66. The first kappa shape index (κ1) is 10.4. The Balaban J connectivity index is 1.88. The molecule has 0 radical (unpaired) electrons.